The molecule has 0 aromatic heterocycles. The van der Waals surface area contributed by atoms with Crippen LogP contribution in [0.2, 0.25) is 0 Å². The smallest absolute Gasteiger partial charge is 0.170 e. The van der Waals surface area contributed by atoms with Crippen molar-refractivity contribution in [2.75, 3.05) is 0 Å². The third kappa shape index (κ3) is 1.88. The van der Waals surface area contributed by atoms with Gasteiger partial charge in [0.05, 0.1) is 5.92 Å². The van der Waals surface area contributed by atoms with Crippen LogP contribution < -0.4 is 0 Å². The van der Waals surface area contributed by atoms with Crippen LogP contribution in [0.3, 0.4) is 0 Å². The number of hydrogen-bond donors (Lipinski definition) is 0. The molecule has 0 saturated heterocycles. The molecule has 2 aromatic rings. The highest BCUT2D eigenvalue weighted by Gasteiger charge is 2.31. The molecule has 2 atom stereocenters. The van der Waals surface area contributed by atoms with E-state index < -0.39 is 0 Å². The first-order valence-corrected chi connectivity index (χ1v) is 6.19. The Morgan fingerprint density at radius 3 is 1.94 bits per heavy atom. The maximum atomic E-state index is 12.4. The van der Waals surface area contributed by atoms with Crippen molar-refractivity contribution in [1.29, 1.82) is 0 Å². The molecule has 1 nitrogen and oxygen atoms in total. The number of benzene rings is 2. The molecule has 0 spiro atoms. The van der Waals surface area contributed by atoms with Gasteiger partial charge in [0.15, 0.2) is 5.78 Å². The third-order valence-corrected chi connectivity index (χ3v) is 3.46. The van der Waals surface area contributed by atoms with Gasteiger partial charge in [0.1, 0.15) is 0 Å². The first-order valence-electron chi connectivity index (χ1n) is 6.19. The van der Waals surface area contributed by atoms with E-state index in [-0.39, 0.29) is 17.6 Å². The molecule has 2 aromatic carbocycles. The van der Waals surface area contributed by atoms with Crippen molar-refractivity contribution in [2.45, 2.75) is 5.92 Å². The Bertz CT molecular complexity index is 569. The molecule has 0 heterocycles. The SMILES string of the molecule is O=C(c1ccccc1)[C@@H]1C=C[C@@H]1c1ccccc1. The predicted octanol–water partition coefficient (Wildman–Crippen LogP) is 3.84. The van der Waals surface area contributed by atoms with Crippen molar-refractivity contribution in [3.8, 4) is 0 Å². The van der Waals surface area contributed by atoms with Gasteiger partial charge in [0.25, 0.3) is 0 Å². The summed E-state index contributed by atoms with van der Waals surface area (Å²) < 4.78 is 0. The van der Waals surface area contributed by atoms with Crippen molar-refractivity contribution in [3.05, 3.63) is 83.9 Å². The first kappa shape index (κ1) is 11.0. The molecule has 0 saturated carbocycles. The Hall–Kier alpha value is -2.15. The average molecular weight is 234 g/mol. The predicted molar refractivity (Wildman–Crippen MR) is 72.6 cm³/mol. The number of ketones is 1. The third-order valence-electron chi connectivity index (χ3n) is 3.46. The largest absolute Gasteiger partial charge is 0.293 e. The van der Waals surface area contributed by atoms with Crippen LogP contribution in [0.15, 0.2) is 72.8 Å². The average Bonchev–Trinajstić information content (AvgIpc) is 2.40. The van der Waals surface area contributed by atoms with E-state index >= 15 is 0 Å². The fourth-order valence-electron chi connectivity index (χ4n) is 2.37. The van der Waals surface area contributed by atoms with Crippen molar-refractivity contribution in [2.24, 2.45) is 5.92 Å². The lowest BCUT2D eigenvalue weighted by molar-refractivity contribution is 0.0927. The van der Waals surface area contributed by atoms with Gasteiger partial charge in [-0.25, -0.2) is 0 Å². The highest BCUT2D eigenvalue weighted by atomic mass is 16.1. The van der Waals surface area contributed by atoms with E-state index in [2.05, 4.69) is 18.2 Å². The standard InChI is InChI=1S/C17H14O/c18-17(14-9-5-2-6-10-14)16-12-11-15(16)13-7-3-1-4-8-13/h1-12,15-16H/t15-,16-/m1/s1. The number of carbonyl (C=O) groups excluding carboxylic acids is 1. The summed E-state index contributed by atoms with van der Waals surface area (Å²) in [6.45, 7) is 0. The molecule has 1 heteroatoms. The van der Waals surface area contributed by atoms with Gasteiger partial charge in [-0.2, -0.15) is 0 Å². The highest BCUT2D eigenvalue weighted by molar-refractivity contribution is 6.00. The minimum atomic E-state index is -0.00481. The Kier molecular flexibility index (Phi) is 2.81. The lowest BCUT2D eigenvalue weighted by atomic mass is 9.74. The second-order valence-corrected chi connectivity index (χ2v) is 4.58. The second-order valence-electron chi connectivity index (χ2n) is 4.58. The maximum Gasteiger partial charge on any atom is 0.170 e. The number of Topliss-reactive ketones (excluding diaryl/α,β-unsaturated/α-hetero) is 1. The van der Waals surface area contributed by atoms with Crippen LogP contribution in [-0.2, 0) is 0 Å². The molecular formula is C17H14O. The fourth-order valence-corrected chi connectivity index (χ4v) is 2.37. The molecule has 0 unspecified atom stereocenters. The van der Waals surface area contributed by atoms with Crippen LogP contribution >= 0.6 is 0 Å². The minimum Gasteiger partial charge on any atom is -0.293 e. The van der Waals surface area contributed by atoms with Gasteiger partial charge in [-0.1, -0.05) is 72.8 Å². The lowest BCUT2D eigenvalue weighted by Crippen LogP contribution is -2.25. The number of allylic oxidation sites excluding steroid dienone is 2. The molecule has 0 fully saturated rings. The van der Waals surface area contributed by atoms with Gasteiger partial charge in [-0.3, -0.25) is 4.79 Å². The van der Waals surface area contributed by atoms with Crippen molar-refractivity contribution in [1.82, 2.24) is 0 Å². The Balaban J connectivity index is 1.84. The number of carbonyl (C=O) groups is 1. The summed E-state index contributed by atoms with van der Waals surface area (Å²) in [5, 5.41) is 0. The topological polar surface area (TPSA) is 17.1 Å². The van der Waals surface area contributed by atoms with E-state index in [9.17, 15) is 4.79 Å². The highest BCUT2D eigenvalue weighted by Crippen LogP contribution is 2.37. The monoisotopic (exact) mass is 234 g/mol. The van der Waals surface area contributed by atoms with Crippen LogP contribution in [0.4, 0.5) is 0 Å². The van der Waals surface area contributed by atoms with Gasteiger partial charge in [-0.05, 0) is 5.56 Å². The fraction of sp³-hybridized carbons (Fsp3) is 0.118. The number of hydrogen-bond acceptors (Lipinski definition) is 1. The van der Waals surface area contributed by atoms with Crippen molar-refractivity contribution >= 4 is 5.78 Å². The molecule has 0 radical (unpaired) electrons. The summed E-state index contributed by atoms with van der Waals surface area (Å²) in [5.41, 5.74) is 2.02. The van der Waals surface area contributed by atoms with Crippen molar-refractivity contribution in [3.63, 3.8) is 0 Å². The molecule has 1 aliphatic carbocycles. The van der Waals surface area contributed by atoms with Crippen LogP contribution in [0.25, 0.3) is 0 Å². The van der Waals surface area contributed by atoms with E-state index in [0.717, 1.165) is 5.56 Å². The Morgan fingerprint density at radius 2 is 1.39 bits per heavy atom. The summed E-state index contributed by atoms with van der Waals surface area (Å²) in [7, 11) is 0. The van der Waals surface area contributed by atoms with Gasteiger partial charge in [0.2, 0.25) is 0 Å². The zero-order valence-corrected chi connectivity index (χ0v) is 9.99. The maximum absolute atomic E-state index is 12.4. The second kappa shape index (κ2) is 4.61. The van der Waals surface area contributed by atoms with Crippen LogP contribution in [-0.4, -0.2) is 5.78 Å². The molecule has 0 amide bonds. The first-order chi connectivity index (χ1) is 8.86. The van der Waals surface area contributed by atoms with Crippen LogP contribution in [0, 0.1) is 5.92 Å². The van der Waals surface area contributed by atoms with Gasteiger partial charge < -0.3 is 0 Å². The summed E-state index contributed by atoms with van der Waals surface area (Å²) in [6.07, 6.45) is 4.12. The van der Waals surface area contributed by atoms with Crippen molar-refractivity contribution < 1.29 is 4.79 Å². The molecule has 0 bridgehead atoms. The van der Waals surface area contributed by atoms with Gasteiger partial charge in [-0.15, -0.1) is 0 Å². The van der Waals surface area contributed by atoms with Crippen LogP contribution in [0.1, 0.15) is 21.8 Å². The van der Waals surface area contributed by atoms with Gasteiger partial charge in [0, 0.05) is 11.5 Å². The summed E-state index contributed by atoms with van der Waals surface area (Å²) in [6, 6.07) is 19.7. The zero-order chi connectivity index (χ0) is 12.4. The molecule has 3 rings (SSSR count). The summed E-state index contributed by atoms with van der Waals surface area (Å²) in [5.74, 6) is 0.445. The molecule has 1 aliphatic rings. The summed E-state index contributed by atoms with van der Waals surface area (Å²) >= 11 is 0. The lowest BCUT2D eigenvalue weighted by Gasteiger charge is -2.28. The molecule has 0 N–H and O–H groups in total. The minimum absolute atomic E-state index is 0.00481. The normalized spacial score (nSPS) is 21.3. The Morgan fingerprint density at radius 1 is 0.778 bits per heavy atom. The molecular weight excluding hydrogens is 220 g/mol. The number of rotatable bonds is 3. The van der Waals surface area contributed by atoms with E-state index in [4.69, 9.17) is 0 Å². The Labute approximate surface area is 107 Å². The molecule has 88 valence electrons. The van der Waals surface area contributed by atoms with Crippen LogP contribution in [0.5, 0.6) is 0 Å². The van der Waals surface area contributed by atoms with E-state index in [1.54, 1.807) is 0 Å². The van der Waals surface area contributed by atoms with Gasteiger partial charge >= 0.3 is 0 Å². The summed E-state index contributed by atoms with van der Waals surface area (Å²) in [4.78, 5) is 12.4. The van der Waals surface area contributed by atoms with E-state index in [1.807, 2.05) is 54.6 Å². The zero-order valence-electron chi connectivity index (χ0n) is 9.99. The van der Waals surface area contributed by atoms with E-state index in [0.29, 0.717) is 0 Å². The quantitative estimate of drug-likeness (QED) is 0.582. The molecule has 18 heavy (non-hydrogen) atoms. The molecule has 0 aliphatic heterocycles. The van der Waals surface area contributed by atoms with E-state index in [1.165, 1.54) is 5.56 Å².